The second-order valence-corrected chi connectivity index (χ2v) is 9.71. The molecule has 0 amide bonds. The summed E-state index contributed by atoms with van der Waals surface area (Å²) < 4.78 is 2.15. The maximum absolute atomic E-state index is 11.7. The van der Waals surface area contributed by atoms with E-state index in [1.165, 1.54) is 74.6 Å². The lowest BCUT2D eigenvalue weighted by Gasteiger charge is -2.31. The van der Waals surface area contributed by atoms with Crippen molar-refractivity contribution in [2.45, 2.75) is 64.8 Å². The first-order valence-corrected chi connectivity index (χ1v) is 12.7. The van der Waals surface area contributed by atoms with Crippen molar-refractivity contribution in [1.29, 1.82) is 0 Å². The van der Waals surface area contributed by atoms with E-state index in [0.29, 0.717) is 5.92 Å². The molecule has 0 bridgehead atoms. The molecule has 164 valence electrons. The summed E-state index contributed by atoms with van der Waals surface area (Å²) in [5.41, 5.74) is 3.49. The summed E-state index contributed by atoms with van der Waals surface area (Å²) in [6, 6.07) is 8.15. The lowest BCUT2D eigenvalue weighted by molar-refractivity contribution is 0.108. The second-order valence-electron chi connectivity index (χ2n) is 8.93. The monoisotopic (exact) mass is 427 g/mol. The number of carbonyl (C=O) groups is 1. The number of unbranched alkanes of at least 4 members (excludes halogenated alkanes) is 2. The fraction of sp³-hybridized carbons (Fsp3) is 0.600. The van der Waals surface area contributed by atoms with E-state index in [1.807, 2.05) is 24.6 Å². The third-order valence-corrected chi connectivity index (χ3v) is 6.89. The molecule has 0 radical (unpaired) electrons. The molecule has 5 heteroatoms. The predicted octanol–water partition coefficient (Wildman–Crippen LogP) is 5.63. The van der Waals surface area contributed by atoms with Crippen LogP contribution in [0.4, 0.5) is 0 Å². The number of piperidine rings is 1. The van der Waals surface area contributed by atoms with Gasteiger partial charge < -0.3 is 4.90 Å². The zero-order valence-electron chi connectivity index (χ0n) is 18.8. The first-order valence-electron chi connectivity index (χ1n) is 11.5. The number of carbonyl (C=O) groups excluding carboxylic acids is 1. The molecule has 2 aromatic rings. The van der Waals surface area contributed by atoms with E-state index < -0.39 is 0 Å². The van der Waals surface area contributed by atoms with Gasteiger partial charge in [0, 0.05) is 18.3 Å². The van der Waals surface area contributed by atoms with Gasteiger partial charge in [-0.3, -0.25) is 9.48 Å². The number of hydrogen-bond acceptors (Lipinski definition) is 4. The number of hydrogen-bond donors (Lipinski definition) is 0. The van der Waals surface area contributed by atoms with Crippen molar-refractivity contribution in [3.8, 4) is 0 Å². The van der Waals surface area contributed by atoms with Gasteiger partial charge in [-0.15, -0.1) is 0 Å². The highest BCUT2D eigenvalue weighted by molar-refractivity contribution is 8.13. The fourth-order valence-corrected chi connectivity index (χ4v) is 4.57. The number of likely N-dealkylation sites (tertiary alicyclic amines) is 1. The van der Waals surface area contributed by atoms with Gasteiger partial charge in [-0.05, 0) is 81.0 Å². The van der Waals surface area contributed by atoms with Crippen LogP contribution in [0.5, 0.6) is 0 Å². The Hall–Kier alpha value is -1.59. The summed E-state index contributed by atoms with van der Waals surface area (Å²) in [7, 11) is 0. The average Bonchev–Trinajstić information content (AvgIpc) is 3.23. The van der Waals surface area contributed by atoms with E-state index in [1.54, 1.807) is 0 Å². The molecule has 0 unspecified atom stereocenters. The lowest BCUT2D eigenvalue weighted by atomic mass is 9.96. The Morgan fingerprint density at radius 2 is 1.87 bits per heavy atom. The van der Waals surface area contributed by atoms with Gasteiger partial charge in [-0.25, -0.2) is 0 Å². The number of aromatic nitrogens is 2. The Bertz CT molecular complexity index is 776. The zero-order chi connectivity index (χ0) is 21.3. The largest absolute Gasteiger partial charge is 0.303 e. The first kappa shape index (κ1) is 23.1. The summed E-state index contributed by atoms with van der Waals surface area (Å²) in [5, 5.41) is 4.70. The Morgan fingerprint density at radius 3 is 2.50 bits per heavy atom. The van der Waals surface area contributed by atoms with Crippen molar-refractivity contribution >= 4 is 16.9 Å². The van der Waals surface area contributed by atoms with Crippen LogP contribution in [0.15, 0.2) is 36.7 Å². The molecule has 1 aromatic carbocycles. The minimum absolute atomic E-state index is 0.148. The molecular weight excluding hydrogens is 390 g/mol. The van der Waals surface area contributed by atoms with Crippen molar-refractivity contribution in [3.05, 3.63) is 53.3 Å². The van der Waals surface area contributed by atoms with Crippen molar-refractivity contribution in [3.63, 3.8) is 0 Å². The van der Waals surface area contributed by atoms with E-state index in [4.69, 9.17) is 0 Å². The molecule has 1 fully saturated rings. The van der Waals surface area contributed by atoms with Gasteiger partial charge in [0.25, 0.3) is 0 Å². The van der Waals surface area contributed by atoms with Crippen LogP contribution in [-0.4, -0.2) is 45.7 Å². The Labute approximate surface area is 186 Å². The molecular formula is C25H37N3OS. The number of thioether (sulfide) groups is 1. The molecule has 1 aliphatic heterocycles. The Kier molecular flexibility index (Phi) is 9.01. The number of nitrogens with zero attached hydrogens (tertiary/aromatic N) is 3. The topological polar surface area (TPSA) is 38.1 Å². The molecule has 1 saturated heterocycles. The van der Waals surface area contributed by atoms with Crippen LogP contribution in [0.1, 0.15) is 73.4 Å². The van der Waals surface area contributed by atoms with E-state index in [2.05, 4.69) is 46.9 Å². The number of aryl methyl sites for hydroxylation is 1. The van der Waals surface area contributed by atoms with E-state index in [-0.39, 0.29) is 5.12 Å². The van der Waals surface area contributed by atoms with Crippen molar-refractivity contribution in [2.24, 2.45) is 5.92 Å². The molecule has 1 aromatic heterocycles. The number of rotatable bonds is 10. The molecule has 0 spiro atoms. The van der Waals surface area contributed by atoms with Crippen LogP contribution >= 0.6 is 11.8 Å². The van der Waals surface area contributed by atoms with Crippen LogP contribution in [0.25, 0.3) is 0 Å². The van der Waals surface area contributed by atoms with Crippen LogP contribution in [0, 0.1) is 5.92 Å². The van der Waals surface area contributed by atoms with Crippen LogP contribution < -0.4 is 0 Å². The minimum Gasteiger partial charge on any atom is -0.303 e. The third kappa shape index (κ3) is 6.98. The maximum atomic E-state index is 11.7. The van der Waals surface area contributed by atoms with Gasteiger partial charge in [-0.2, -0.15) is 5.10 Å². The zero-order valence-corrected chi connectivity index (χ0v) is 19.7. The molecule has 2 heterocycles. The summed E-state index contributed by atoms with van der Waals surface area (Å²) in [5.74, 6) is 1.33. The maximum Gasteiger partial charge on any atom is 0.219 e. The standard InChI is InChI=1S/C25H37N3OS/c1-20(2)24-17-26-28(19-24)18-22-12-15-27(16-13-22)14-6-4-5-7-21-8-10-23(11-9-21)25(29)30-3/h8-11,17,19-20,22H,4-7,12-16,18H2,1-3H3. The molecule has 4 nitrogen and oxygen atoms in total. The Balaban J connectivity index is 1.27. The van der Waals surface area contributed by atoms with E-state index in [0.717, 1.165) is 24.4 Å². The SMILES string of the molecule is CSC(=O)c1ccc(CCCCCN2CCC(Cn3cc(C(C)C)cn3)CC2)cc1. The molecule has 30 heavy (non-hydrogen) atoms. The van der Waals surface area contributed by atoms with E-state index >= 15 is 0 Å². The molecule has 0 saturated carbocycles. The highest BCUT2D eigenvalue weighted by Gasteiger charge is 2.19. The summed E-state index contributed by atoms with van der Waals surface area (Å²) in [6.07, 6.45) is 13.6. The van der Waals surface area contributed by atoms with Crippen molar-refractivity contribution in [1.82, 2.24) is 14.7 Å². The normalized spacial score (nSPS) is 15.7. The third-order valence-electron chi connectivity index (χ3n) is 6.29. The van der Waals surface area contributed by atoms with Crippen LogP contribution in [0.2, 0.25) is 0 Å². The molecule has 0 aliphatic carbocycles. The molecule has 0 N–H and O–H groups in total. The smallest absolute Gasteiger partial charge is 0.219 e. The minimum atomic E-state index is 0.148. The second kappa shape index (κ2) is 11.7. The summed E-state index contributed by atoms with van der Waals surface area (Å²) >= 11 is 1.28. The van der Waals surface area contributed by atoms with Gasteiger partial charge >= 0.3 is 0 Å². The van der Waals surface area contributed by atoms with Gasteiger partial charge in [-0.1, -0.05) is 56.3 Å². The van der Waals surface area contributed by atoms with Crippen LogP contribution in [0.3, 0.4) is 0 Å². The van der Waals surface area contributed by atoms with Gasteiger partial charge in [0.2, 0.25) is 5.12 Å². The summed E-state index contributed by atoms with van der Waals surface area (Å²) in [4.78, 5) is 14.3. The highest BCUT2D eigenvalue weighted by atomic mass is 32.2. The van der Waals surface area contributed by atoms with Crippen LogP contribution in [-0.2, 0) is 13.0 Å². The lowest BCUT2D eigenvalue weighted by Crippen LogP contribution is -2.35. The first-order chi connectivity index (χ1) is 14.5. The van der Waals surface area contributed by atoms with Gasteiger partial charge in [0.15, 0.2) is 0 Å². The molecule has 1 aliphatic rings. The van der Waals surface area contributed by atoms with E-state index in [9.17, 15) is 4.79 Å². The van der Waals surface area contributed by atoms with Gasteiger partial charge in [0.1, 0.15) is 0 Å². The average molecular weight is 428 g/mol. The highest BCUT2D eigenvalue weighted by Crippen LogP contribution is 2.21. The predicted molar refractivity (Wildman–Crippen MR) is 127 cm³/mol. The van der Waals surface area contributed by atoms with Crippen molar-refractivity contribution in [2.75, 3.05) is 25.9 Å². The number of benzene rings is 1. The fourth-order valence-electron chi connectivity index (χ4n) is 4.20. The van der Waals surface area contributed by atoms with Gasteiger partial charge in [0.05, 0.1) is 6.20 Å². The Morgan fingerprint density at radius 1 is 1.13 bits per heavy atom. The quantitative estimate of drug-likeness (QED) is 0.460. The van der Waals surface area contributed by atoms with Crippen molar-refractivity contribution < 1.29 is 4.79 Å². The molecule has 0 atom stereocenters. The molecule has 3 rings (SSSR count). The summed E-state index contributed by atoms with van der Waals surface area (Å²) in [6.45, 7) is 9.21.